The first-order valence-corrected chi connectivity index (χ1v) is 6.06. The minimum absolute atomic E-state index is 0.306. The number of hydrazine groups is 1. The second-order valence-electron chi connectivity index (χ2n) is 2.64. The monoisotopic (exact) mass is 202 g/mol. The molecule has 0 fully saturated rings. The maximum atomic E-state index is 5.46. The van der Waals surface area contributed by atoms with E-state index in [0.29, 0.717) is 6.04 Å². The molecule has 1 unspecified atom stereocenters. The van der Waals surface area contributed by atoms with E-state index in [-0.39, 0.29) is 0 Å². The molecular formula is C8H14N2S2. The maximum Gasteiger partial charge on any atom is 0.0646 e. The molecule has 0 aliphatic heterocycles. The van der Waals surface area contributed by atoms with Crippen LogP contribution in [-0.2, 0) is 0 Å². The van der Waals surface area contributed by atoms with Crippen LogP contribution in [0.2, 0.25) is 0 Å². The van der Waals surface area contributed by atoms with E-state index in [4.69, 9.17) is 5.84 Å². The van der Waals surface area contributed by atoms with Gasteiger partial charge >= 0.3 is 0 Å². The number of hydrogen-bond donors (Lipinski definition) is 2. The molecule has 0 saturated carbocycles. The standard InChI is InChI=1S/C8H14N2S2/c1-6-3-4-12-8(6)7(10-9)5-11-2/h3-4,7,10H,5,9H2,1-2H3. The van der Waals surface area contributed by atoms with Crippen molar-refractivity contribution in [1.82, 2.24) is 5.43 Å². The highest BCUT2D eigenvalue weighted by molar-refractivity contribution is 7.98. The lowest BCUT2D eigenvalue weighted by Gasteiger charge is -2.13. The first-order valence-electron chi connectivity index (χ1n) is 3.78. The van der Waals surface area contributed by atoms with Crippen molar-refractivity contribution in [1.29, 1.82) is 0 Å². The van der Waals surface area contributed by atoms with Crippen LogP contribution in [0.4, 0.5) is 0 Å². The van der Waals surface area contributed by atoms with Crippen LogP contribution in [0.25, 0.3) is 0 Å². The van der Waals surface area contributed by atoms with Crippen LogP contribution < -0.4 is 11.3 Å². The molecule has 0 aromatic carbocycles. The van der Waals surface area contributed by atoms with E-state index in [1.54, 1.807) is 23.1 Å². The topological polar surface area (TPSA) is 38.0 Å². The summed E-state index contributed by atoms with van der Waals surface area (Å²) < 4.78 is 0. The van der Waals surface area contributed by atoms with E-state index in [2.05, 4.69) is 30.1 Å². The molecule has 1 aromatic heterocycles. The third-order valence-electron chi connectivity index (χ3n) is 1.75. The van der Waals surface area contributed by atoms with Gasteiger partial charge in [-0.3, -0.25) is 11.3 Å². The molecule has 1 rings (SSSR count). The molecule has 2 nitrogen and oxygen atoms in total. The van der Waals surface area contributed by atoms with Crippen molar-refractivity contribution in [2.75, 3.05) is 12.0 Å². The van der Waals surface area contributed by atoms with Crippen molar-refractivity contribution in [3.8, 4) is 0 Å². The average molecular weight is 202 g/mol. The number of thioether (sulfide) groups is 1. The fourth-order valence-electron chi connectivity index (χ4n) is 1.11. The zero-order valence-corrected chi connectivity index (χ0v) is 8.97. The van der Waals surface area contributed by atoms with Crippen molar-refractivity contribution in [2.45, 2.75) is 13.0 Å². The molecule has 12 heavy (non-hydrogen) atoms. The Morgan fingerprint density at radius 2 is 2.50 bits per heavy atom. The highest BCUT2D eigenvalue weighted by Gasteiger charge is 2.11. The van der Waals surface area contributed by atoms with Gasteiger partial charge in [-0.2, -0.15) is 11.8 Å². The summed E-state index contributed by atoms with van der Waals surface area (Å²) in [6.45, 7) is 2.12. The minimum atomic E-state index is 0.306. The molecule has 0 aliphatic rings. The Balaban J connectivity index is 2.72. The summed E-state index contributed by atoms with van der Waals surface area (Å²) >= 11 is 3.57. The smallest absolute Gasteiger partial charge is 0.0646 e. The summed E-state index contributed by atoms with van der Waals surface area (Å²) in [5.41, 5.74) is 4.17. The third kappa shape index (κ3) is 2.23. The quantitative estimate of drug-likeness (QED) is 0.579. The highest BCUT2D eigenvalue weighted by Crippen LogP contribution is 2.25. The van der Waals surface area contributed by atoms with Gasteiger partial charge in [0.1, 0.15) is 0 Å². The molecule has 0 radical (unpaired) electrons. The molecular weight excluding hydrogens is 188 g/mol. The maximum absolute atomic E-state index is 5.46. The van der Waals surface area contributed by atoms with E-state index >= 15 is 0 Å². The van der Waals surface area contributed by atoms with Gasteiger partial charge in [-0.25, -0.2) is 0 Å². The average Bonchev–Trinajstić information content (AvgIpc) is 2.47. The molecule has 0 amide bonds. The van der Waals surface area contributed by atoms with Gasteiger partial charge in [-0.05, 0) is 30.2 Å². The van der Waals surface area contributed by atoms with Crippen LogP contribution in [0.15, 0.2) is 11.4 Å². The Morgan fingerprint density at radius 3 is 2.92 bits per heavy atom. The molecule has 68 valence electrons. The third-order valence-corrected chi connectivity index (χ3v) is 3.55. The predicted molar refractivity (Wildman–Crippen MR) is 57.5 cm³/mol. The molecule has 4 heteroatoms. The molecule has 0 aliphatic carbocycles. The SMILES string of the molecule is CSCC(NN)c1sccc1C. The Labute approximate surface area is 81.5 Å². The van der Waals surface area contributed by atoms with Gasteiger partial charge in [0.05, 0.1) is 6.04 Å². The Morgan fingerprint density at radius 1 is 1.75 bits per heavy atom. The molecule has 1 atom stereocenters. The first-order chi connectivity index (χ1) is 5.79. The van der Waals surface area contributed by atoms with E-state index in [1.165, 1.54) is 10.4 Å². The molecule has 0 saturated heterocycles. The molecule has 0 bridgehead atoms. The minimum Gasteiger partial charge on any atom is -0.271 e. The Bertz CT molecular complexity index is 235. The van der Waals surface area contributed by atoms with Crippen molar-refractivity contribution in [3.05, 3.63) is 21.9 Å². The van der Waals surface area contributed by atoms with Gasteiger partial charge < -0.3 is 0 Å². The van der Waals surface area contributed by atoms with Crippen LogP contribution in [0.1, 0.15) is 16.5 Å². The second kappa shape index (κ2) is 4.87. The zero-order chi connectivity index (χ0) is 8.97. The number of thiophene rings is 1. The Hall–Kier alpha value is -0.0300. The molecule has 1 aromatic rings. The summed E-state index contributed by atoms with van der Waals surface area (Å²) in [5, 5.41) is 2.11. The lowest BCUT2D eigenvalue weighted by atomic mass is 10.2. The number of rotatable bonds is 4. The van der Waals surface area contributed by atoms with Gasteiger partial charge in [0.25, 0.3) is 0 Å². The number of nitrogens with two attached hydrogens (primary N) is 1. The normalized spacial score (nSPS) is 13.2. The van der Waals surface area contributed by atoms with Crippen molar-refractivity contribution in [2.24, 2.45) is 5.84 Å². The summed E-state index contributed by atoms with van der Waals surface area (Å²) in [5.74, 6) is 6.49. The van der Waals surface area contributed by atoms with E-state index in [9.17, 15) is 0 Å². The van der Waals surface area contributed by atoms with Crippen LogP contribution in [0.3, 0.4) is 0 Å². The van der Waals surface area contributed by atoms with Crippen LogP contribution in [-0.4, -0.2) is 12.0 Å². The van der Waals surface area contributed by atoms with Crippen LogP contribution >= 0.6 is 23.1 Å². The predicted octanol–water partition coefficient (Wildman–Crippen LogP) is 1.92. The lowest BCUT2D eigenvalue weighted by Crippen LogP contribution is -2.29. The summed E-state index contributed by atoms with van der Waals surface area (Å²) in [4.78, 5) is 1.35. The fraction of sp³-hybridized carbons (Fsp3) is 0.500. The summed E-state index contributed by atoms with van der Waals surface area (Å²) in [6, 6.07) is 2.44. The Kier molecular flexibility index (Phi) is 4.08. The lowest BCUT2D eigenvalue weighted by molar-refractivity contribution is 0.618. The van der Waals surface area contributed by atoms with Gasteiger partial charge in [-0.15, -0.1) is 11.3 Å². The first kappa shape index (κ1) is 10.1. The van der Waals surface area contributed by atoms with Gasteiger partial charge in [0.15, 0.2) is 0 Å². The fourth-order valence-corrected chi connectivity index (χ4v) is 2.80. The largest absolute Gasteiger partial charge is 0.271 e. The molecule has 1 heterocycles. The van der Waals surface area contributed by atoms with Crippen LogP contribution in [0, 0.1) is 6.92 Å². The zero-order valence-electron chi connectivity index (χ0n) is 7.33. The van der Waals surface area contributed by atoms with E-state index < -0.39 is 0 Å². The van der Waals surface area contributed by atoms with Crippen LogP contribution in [0.5, 0.6) is 0 Å². The second-order valence-corrected chi connectivity index (χ2v) is 4.50. The number of hydrogen-bond acceptors (Lipinski definition) is 4. The molecule has 0 spiro atoms. The highest BCUT2D eigenvalue weighted by atomic mass is 32.2. The van der Waals surface area contributed by atoms with E-state index in [1.807, 2.05) is 0 Å². The van der Waals surface area contributed by atoms with Gasteiger partial charge in [-0.1, -0.05) is 0 Å². The summed E-state index contributed by atoms with van der Waals surface area (Å²) in [7, 11) is 0. The van der Waals surface area contributed by atoms with Crippen molar-refractivity contribution >= 4 is 23.1 Å². The number of aryl methyl sites for hydroxylation is 1. The van der Waals surface area contributed by atoms with Crippen molar-refractivity contribution in [3.63, 3.8) is 0 Å². The van der Waals surface area contributed by atoms with Gasteiger partial charge in [0, 0.05) is 10.6 Å². The van der Waals surface area contributed by atoms with E-state index in [0.717, 1.165) is 5.75 Å². The molecule has 3 N–H and O–H groups in total. The number of nitrogens with one attached hydrogen (secondary N) is 1. The summed E-state index contributed by atoms with van der Waals surface area (Å²) in [6.07, 6.45) is 2.09. The van der Waals surface area contributed by atoms with Crippen molar-refractivity contribution < 1.29 is 0 Å². The van der Waals surface area contributed by atoms with Gasteiger partial charge in [0.2, 0.25) is 0 Å².